The van der Waals surface area contributed by atoms with Crippen molar-refractivity contribution in [1.29, 1.82) is 0 Å². The molecule has 1 amide bonds. The Balaban J connectivity index is 1.96. The van der Waals surface area contributed by atoms with Gasteiger partial charge in [0.1, 0.15) is 11.2 Å². The van der Waals surface area contributed by atoms with Crippen molar-refractivity contribution < 1.29 is 9.18 Å². The Labute approximate surface area is 129 Å². The van der Waals surface area contributed by atoms with E-state index in [0.717, 1.165) is 15.7 Å². The van der Waals surface area contributed by atoms with Gasteiger partial charge in [0.2, 0.25) is 5.91 Å². The number of carbonyl (C=O) groups excluding carboxylic acids is 1. The van der Waals surface area contributed by atoms with Crippen LogP contribution in [0.4, 0.5) is 10.1 Å². The summed E-state index contributed by atoms with van der Waals surface area (Å²) in [6, 6.07) is 14.0. The van der Waals surface area contributed by atoms with Gasteiger partial charge in [-0.15, -0.1) is 11.8 Å². The fraction of sp³-hybridized carbons (Fsp3) is 0.133. The van der Waals surface area contributed by atoms with E-state index in [1.54, 1.807) is 28.8 Å². The lowest BCUT2D eigenvalue weighted by Crippen LogP contribution is -2.27. The second-order valence-electron chi connectivity index (χ2n) is 4.46. The first-order valence-electron chi connectivity index (χ1n) is 6.10. The maximum absolute atomic E-state index is 13.0. The second-order valence-corrected chi connectivity index (χ2v) is 6.44. The zero-order valence-corrected chi connectivity index (χ0v) is 12.8. The van der Waals surface area contributed by atoms with E-state index >= 15 is 0 Å². The molecule has 0 spiro atoms. The van der Waals surface area contributed by atoms with Gasteiger partial charge in [0.05, 0.1) is 5.75 Å². The number of rotatable bonds is 2. The van der Waals surface area contributed by atoms with Gasteiger partial charge in [-0.3, -0.25) is 9.69 Å². The number of anilines is 1. The van der Waals surface area contributed by atoms with Crippen molar-refractivity contribution in [3.05, 3.63) is 64.4 Å². The average Bonchev–Trinajstić information content (AvgIpc) is 2.83. The van der Waals surface area contributed by atoms with E-state index in [1.807, 2.05) is 24.3 Å². The van der Waals surface area contributed by atoms with Crippen molar-refractivity contribution in [1.82, 2.24) is 0 Å². The molecular weight excluding hydrogens is 341 g/mol. The summed E-state index contributed by atoms with van der Waals surface area (Å²) in [5.74, 6) is 0.253. The molecule has 0 bridgehead atoms. The van der Waals surface area contributed by atoms with Crippen LogP contribution in [0.5, 0.6) is 0 Å². The minimum absolute atomic E-state index is 0.0756. The van der Waals surface area contributed by atoms with Crippen molar-refractivity contribution in [3.63, 3.8) is 0 Å². The summed E-state index contributed by atoms with van der Waals surface area (Å²) in [4.78, 5) is 13.9. The number of hydrogen-bond acceptors (Lipinski definition) is 2. The van der Waals surface area contributed by atoms with Gasteiger partial charge >= 0.3 is 0 Å². The SMILES string of the molecule is O=C1CS[C@H](c2ccc(F)cc2)N1c1ccc(Br)cc1. The number of nitrogens with zero attached hydrogens (tertiary/aromatic N) is 1. The molecule has 1 saturated heterocycles. The third-order valence-corrected chi connectivity index (χ3v) is 4.87. The van der Waals surface area contributed by atoms with Crippen LogP contribution in [0.3, 0.4) is 0 Å². The zero-order valence-electron chi connectivity index (χ0n) is 10.4. The normalized spacial score (nSPS) is 18.6. The van der Waals surface area contributed by atoms with Crippen LogP contribution in [0.1, 0.15) is 10.9 Å². The van der Waals surface area contributed by atoms with Crippen LogP contribution in [-0.2, 0) is 4.79 Å². The Morgan fingerprint density at radius 3 is 2.40 bits per heavy atom. The average molecular weight is 352 g/mol. The Hall–Kier alpha value is -1.33. The summed E-state index contributed by atoms with van der Waals surface area (Å²) < 4.78 is 14.0. The van der Waals surface area contributed by atoms with Gasteiger partial charge < -0.3 is 0 Å². The molecule has 2 aromatic carbocycles. The predicted molar refractivity (Wildman–Crippen MR) is 83.2 cm³/mol. The number of carbonyl (C=O) groups is 1. The fourth-order valence-electron chi connectivity index (χ4n) is 2.18. The Morgan fingerprint density at radius 1 is 1.10 bits per heavy atom. The maximum atomic E-state index is 13.0. The largest absolute Gasteiger partial charge is 0.295 e. The Bertz CT molecular complexity index is 629. The molecule has 1 fully saturated rings. The molecular formula is C15H11BrFNOS. The van der Waals surface area contributed by atoms with Crippen LogP contribution in [-0.4, -0.2) is 11.7 Å². The topological polar surface area (TPSA) is 20.3 Å². The lowest BCUT2D eigenvalue weighted by molar-refractivity contribution is -0.115. The molecule has 0 N–H and O–H groups in total. The van der Waals surface area contributed by atoms with Gasteiger partial charge in [0, 0.05) is 10.2 Å². The van der Waals surface area contributed by atoms with Crippen LogP contribution in [0.25, 0.3) is 0 Å². The highest BCUT2D eigenvalue weighted by Crippen LogP contribution is 2.41. The van der Waals surface area contributed by atoms with Crippen LogP contribution < -0.4 is 4.90 Å². The second kappa shape index (κ2) is 5.58. The molecule has 1 atom stereocenters. The lowest BCUT2D eigenvalue weighted by atomic mass is 10.2. The molecule has 1 aliphatic rings. The molecule has 0 radical (unpaired) electrons. The highest BCUT2D eigenvalue weighted by Gasteiger charge is 2.33. The molecule has 0 aromatic heterocycles. The number of amides is 1. The van der Waals surface area contributed by atoms with Crippen molar-refractivity contribution in [2.75, 3.05) is 10.7 Å². The standard InChI is InChI=1S/C15H11BrFNOS/c16-11-3-7-13(8-4-11)18-14(19)9-20-15(18)10-1-5-12(17)6-2-10/h1-8,15H,9H2/t15-/m1/s1. The lowest BCUT2D eigenvalue weighted by Gasteiger charge is -2.24. The minimum Gasteiger partial charge on any atom is -0.295 e. The van der Waals surface area contributed by atoms with Crippen molar-refractivity contribution >= 4 is 39.3 Å². The van der Waals surface area contributed by atoms with Crippen LogP contribution in [0.15, 0.2) is 53.0 Å². The van der Waals surface area contributed by atoms with Gasteiger partial charge in [-0.25, -0.2) is 4.39 Å². The molecule has 102 valence electrons. The number of benzene rings is 2. The molecule has 0 saturated carbocycles. The Morgan fingerprint density at radius 2 is 1.75 bits per heavy atom. The quantitative estimate of drug-likeness (QED) is 0.800. The smallest absolute Gasteiger partial charge is 0.238 e. The summed E-state index contributed by atoms with van der Waals surface area (Å²) in [7, 11) is 0. The first-order valence-corrected chi connectivity index (χ1v) is 7.94. The summed E-state index contributed by atoms with van der Waals surface area (Å²) in [6.45, 7) is 0. The molecule has 2 aromatic rings. The van der Waals surface area contributed by atoms with Gasteiger partial charge in [0.15, 0.2) is 0 Å². The summed E-state index contributed by atoms with van der Waals surface area (Å²) >= 11 is 4.95. The van der Waals surface area contributed by atoms with Crippen molar-refractivity contribution in [2.24, 2.45) is 0 Å². The van der Waals surface area contributed by atoms with Crippen LogP contribution in [0.2, 0.25) is 0 Å². The predicted octanol–water partition coefficient (Wildman–Crippen LogP) is 4.37. The molecule has 0 aliphatic carbocycles. The molecule has 0 unspecified atom stereocenters. The van der Waals surface area contributed by atoms with Gasteiger partial charge in [-0.1, -0.05) is 28.1 Å². The Kier molecular flexibility index (Phi) is 3.81. The van der Waals surface area contributed by atoms with E-state index in [0.29, 0.717) is 5.75 Å². The third-order valence-electron chi connectivity index (χ3n) is 3.13. The fourth-order valence-corrected chi connectivity index (χ4v) is 3.62. The monoisotopic (exact) mass is 351 g/mol. The van der Waals surface area contributed by atoms with E-state index in [9.17, 15) is 9.18 Å². The van der Waals surface area contributed by atoms with Gasteiger partial charge in [0.25, 0.3) is 0 Å². The number of hydrogen-bond donors (Lipinski definition) is 0. The highest BCUT2D eigenvalue weighted by molar-refractivity contribution is 9.10. The maximum Gasteiger partial charge on any atom is 0.238 e. The number of thioether (sulfide) groups is 1. The summed E-state index contributed by atoms with van der Waals surface area (Å²) in [5, 5.41) is -0.0933. The van der Waals surface area contributed by atoms with Gasteiger partial charge in [-0.2, -0.15) is 0 Å². The van der Waals surface area contributed by atoms with E-state index in [4.69, 9.17) is 0 Å². The molecule has 5 heteroatoms. The molecule has 3 rings (SSSR count). The number of halogens is 2. The summed E-state index contributed by atoms with van der Waals surface area (Å²) in [5.41, 5.74) is 1.79. The summed E-state index contributed by atoms with van der Waals surface area (Å²) in [6.07, 6.45) is 0. The van der Waals surface area contributed by atoms with E-state index in [2.05, 4.69) is 15.9 Å². The van der Waals surface area contributed by atoms with Crippen molar-refractivity contribution in [2.45, 2.75) is 5.37 Å². The minimum atomic E-state index is -0.265. The van der Waals surface area contributed by atoms with E-state index in [1.165, 1.54) is 12.1 Å². The molecule has 2 nitrogen and oxygen atoms in total. The van der Waals surface area contributed by atoms with Crippen LogP contribution >= 0.6 is 27.7 Å². The molecule has 1 heterocycles. The molecule has 1 aliphatic heterocycles. The van der Waals surface area contributed by atoms with Gasteiger partial charge in [-0.05, 0) is 42.0 Å². The van der Waals surface area contributed by atoms with Crippen molar-refractivity contribution in [3.8, 4) is 0 Å². The van der Waals surface area contributed by atoms with E-state index < -0.39 is 0 Å². The van der Waals surface area contributed by atoms with E-state index in [-0.39, 0.29) is 17.1 Å². The van der Waals surface area contributed by atoms with Crippen LogP contribution in [0, 0.1) is 5.82 Å². The molecule has 20 heavy (non-hydrogen) atoms. The first kappa shape index (κ1) is 13.6. The highest BCUT2D eigenvalue weighted by atomic mass is 79.9. The first-order chi connectivity index (χ1) is 9.65. The third kappa shape index (κ3) is 2.60. The zero-order chi connectivity index (χ0) is 14.1.